The fourth-order valence-corrected chi connectivity index (χ4v) is 1.87. The molecule has 0 unspecified atom stereocenters. The number of carbonyl (C=O) groups is 1. The highest BCUT2D eigenvalue weighted by Crippen LogP contribution is 2.16. The lowest BCUT2D eigenvalue weighted by molar-refractivity contribution is 0.0302. The summed E-state index contributed by atoms with van der Waals surface area (Å²) in [5.74, 6) is 0.728. The highest BCUT2D eigenvalue weighted by molar-refractivity contribution is 5.94. The Kier molecular flexibility index (Phi) is 4.58. The van der Waals surface area contributed by atoms with E-state index in [0.29, 0.717) is 44.2 Å². The molecule has 19 heavy (non-hydrogen) atoms. The molecule has 1 fully saturated rings. The van der Waals surface area contributed by atoms with Crippen LogP contribution in [-0.4, -0.2) is 43.7 Å². The minimum absolute atomic E-state index is 0.0316. The molecule has 1 saturated heterocycles. The lowest BCUT2D eigenvalue weighted by Crippen LogP contribution is -2.40. The van der Waals surface area contributed by atoms with Gasteiger partial charge < -0.3 is 14.4 Å². The van der Waals surface area contributed by atoms with Crippen LogP contribution in [0.15, 0.2) is 36.4 Å². The Morgan fingerprint density at radius 1 is 1.42 bits per heavy atom. The molecule has 0 saturated carbocycles. The lowest BCUT2D eigenvalue weighted by Gasteiger charge is -2.27. The van der Waals surface area contributed by atoms with Crippen molar-refractivity contribution in [3.05, 3.63) is 42.0 Å². The Bertz CT molecular complexity index is 464. The quantitative estimate of drug-likeness (QED) is 0.779. The molecule has 0 N–H and O–H groups in total. The summed E-state index contributed by atoms with van der Waals surface area (Å²) in [6.45, 7) is 8.67. The van der Waals surface area contributed by atoms with Crippen LogP contribution in [0, 0.1) is 0 Å². The minimum Gasteiger partial charge on any atom is -0.489 e. The number of ether oxygens (including phenoxy) is 2. The van der Waals surface area contributed by atoms with Gasteiger partial charge in [-0.2, -0.15) is 0 Å². The van der Waals surface area contributed by atoms with Gasteiger partial charge in [-0.1, -0.05) is 12.6 Å². The van der Waals surface area contributed by atoms with Gasteiger partial charge in [0.15, 0.2) is 0 Å². The zero-order valence-corrected chi connectivity index (χ0v) is 11.2. The SMILES string of the molecule is C=C(C)COc1cccc(C(=O)N2CCOCC2)c1. The zero-order chi connectivity index (χ0) is 13.7. The third-order valence-corrected chi connectivity index (χ3v) is 2.86. The number of hydrogen-bond donors (Lipinski definition) is 0. The maximum atomic E-state index is 12.3. The normalized spacial score (nSPS) is 15.1. The number of nitrogens with zero attached hydrogens (tertiary/aromatic N) is 1. The first-order chi connectivity index (χ1) is 9.16. The topological polar surface area (TPSA) is 38.8 Å². The molecule has 102 valence electrons. The third kappa shape index (κ3) is 3.83. The first kappa shape index (κ1) is 13.6. The molecule has 1 aliphatic heterocycles. The summed E-state index contributed by atoms with van der Waals surface area (Å²) in [5.41, 5.74) is 1.60. The molecular weight excluding hydrogens is 242 g/mol. The molecule has 0 atom stereocenters. The van der Waals surface area contributed by atoms with Crippen LogP contribution in [0.2, 0.25) is 0 Å². The number of hydrogen-bond acceptors (Lipinski definition) is 3. The Labute approximate surface area is 113 Å². The van der Waals surface area contributed by atoms with Gasteiger partial charge in [-0.15, -0.1) is 0 Å². The smallest absolute Gasteiger partial charge is 0.254 e. The predicted octanol–water partition coefficient (Wildman–Crippen LogP) is 2.11. The lowest BCUT2D eigenvalue weighted by atomic mass is 10.2. The first-order valence-electron chi connectivity index (χ1n) is 6.41. The Morgan fingerprint density at radius 3 is 2.84 bits per heavy atom. The molecule has 0 spiro atoms. The van der Waals surface area contributed by atoms with Crippen LogP contribution in [0.4, 0.5) is 0 Å². The first-order valence-corrected chi connectivity index (χ1v) is 6.41. The minimum atomic E-state index is 0.0316. The average molecular weight is 261 g/mol. The largest absolute Gasteiger partial charge is 0.489 e. The number of carbonyl (C=O) groups excluding carboxylic acids is 1. The van der Waals surface area contributed by atoms with Crippen LogP contribution < -0.4 is 4.74 Å². The van der Waals surface area contributed by atoms with Crippen LogP contribution in [0.25, 0.3) is 0 Å². The van der Waals surface area contributed by atoms with Crippen molar-refractivity contribution in [2.75, 3.05) is 32.9 Å². The number of amides is 1. The Hall–Kier alpha value is -1.81. The van der Waals surface area contributed by atoms with E-state index in [2.05, 4.69) is 6.58 Å². The van der Waals surface area contributed by atoms with Crippen LogP contribution in [-0.2, 0) is 4.74 Å². The van der Waals surface area contributed by atoms with Gasteiger partial charge in [-0.05, 0) is 30.7 Å². The summed E-state index contributed by atoms with van der Waals surface area (Å²) in [5, 5.41) is 0. The molecule has 1 aliphatic rings. The highest BCUT2D eigenvalue weighted by atomic mass is 16.5. The van der Waals surface area contributed by atoms with Crippen molar-refractivity contribution in [3.63, 3.8) is 0 Å². The molecule has 2 rings (SSSR count). The van der Waals surface area contributed by atoms with Crippen LogP contribution >= 0.6 is 0 Å². The maximum absolute atomic E-state index is 12.3. The van der Waals surface area contributed by atoms with E-state index in [4.69, 9.17) is 9.47 Å². The second-order valence-corrected chi connectivity index (χ2v) is 4.68. The van der Waals surface area contributed by atoms with E-state index < -0.39 is 0 Å². The number of morpholine rings is 1. The van der Waals surface area contributed by atoms with Crippen molar-refractivity contribution in [2.45, 2.75) is 6.92 Å². The van der Waals surface area contributed by atoms with Crippen molar-refractivity contribution in [1.29, 1.82) is 0 Å². The number of rotatable bonds is 4. The fraction of sp³-hybridized carbons (Fsp3) is 0.400. The molecule has 4 heteroatoms. The van der Waals surface area contributed by atoms with E-state index in [1.165, 1.54) is 0 Å². The van der Waals surface area contributed by atoms with E-state index in [0.717, 1.165) is 5.57 Å². The van der Waals surface area contributed by atoms with E-state index in [-0.39, 0.29) is 5.91 Å². The standard InChI is InChI=1S/C15H19NO3/c1-12(2)11-19-14-5-3-4-13(10-14)15(17)16-6-8-18-9-7-16/h3-5,10H,1,6-9,11H2,2H3. The Balaban J connectivity index is 2.04. The molecule has 1 aromatic carbocycles. The summed E-state index contributed by atoms with van der Waals surface area (Å²) in [6, 6.07) is 7.27. The van der Waals surface area contributed by atoms with Crippen LogP contribution in [0.1, 0.15) is 17.3 Å². The third-order valence-electron chi connectivity index (χ3n) is 2.86. The molecule has 1 heterocycles. The molecule has 0 aromatic heterocycles. The number of benzene rings is 1. The van der Waals surface area contributed by atoms with Crippen molar-refractivity contribution in [3.8, 4) is 5.75 Å². The molecule has 0 bridgehead atoms. The van der Waals surface area contributed by atoms with Gasteiger partial charge in [0, 0.05) is 18.7 Å². The second-order valence-electron chi connectivity index (χ2n) is 4.68. The van der Waals surface area contributed by atoms with Crippen molar-refractivity contribution >= 4 is 5.91 Å². The van der Waals surface area contributed by atoms with E-state index in [1.54, 1.807) is 11.0 Å². The second kappa shape index (κ2) is 6.38. The molecule has 1 aromatic rings. The van der Waals surface area contributed by atoms with E-state index in [1.807, 2.05) is 25.1 Å². The molecule has 0 radical (unpaired) electrons. The molecule has 4 nitrogen and oxygen atoms in total. The van der Waals surface area contributed by atoms with Crippen molar-refractivity contribution in [2.24, 2.45) is 0 Å². The molecule has 1 amide bonds. The van der Waals surface area contributed by atoms with Crippen molar-refractivity contribution in [1.82, 2.24) is 4.90 Å². The van der Waals surface area contributed by atoms with Gasteiger partial charge >= 0.3 is 0 Å². The van der Waals surface area contributed by atoms with Gasteiger partial charge in [0.2, 0.25) is 0 Å². The van der Waals surface area contributed by atoms with Gasteiger partial charge in [-0.3, -0.25) is 4.79 Å². The van der Waals surface area contributed by atoms with Crippen molar-refractivity contribution < 1.29 is 14.3 Å². The monoisotopic (exact) mass is 261 g/mol. The summed E-state index contributed by atoms with van der Waals surface area (Å²) in [4.78, 5) is 14.1. The average Bonchev–Trinajstić information content (AvgIpc) is 2.45. The molecule has 0 aliphatic carbocycles. The van der Waals surface area contributed by atoms with Gasteiger partial charge in [0.25, 0.3) is 5.91 Å². The fourth-order valence-electron chi connectivity index (χ4n) is 1.87. The summed E-state index contributed by atoms with van der Waals surface area (Å²) < 4.78 is 10.8. The summed E-state index contributed by atoms with van der Waals surface area (Å²) in [6.07, 6.45) is 0. The van der Waals surface area contributed by atoms with Gasteiger partial charge in [0.05, 0.1) is 13.2 Å². The molecular formula is C15H19NO3. The summed E-state index contributed by atoms with van der Waals surface area (Å²) in [7, 11) is 0. The van der Waals surface area contributed by atoms with Crippen LogP contribution in [0.5, 0.6) is 5.75 Å². The van der Waals surface area contributed by atoms with E-state index >= 15 is 0 Å². The predicted molar refractivity (Wildman–Crippen MR) is 73.5 cm³/mol. The highest BCUT2D eigenvalue weighted by Gasteiger charge is 2.18. The van der Waals surface area contributed by atoms with Gasteiger partial charge in [0.1, 0.15) is 12.4 Å². The maximum Gasteiger partial charge on any atom is 0.254 e. The zero-order valence-electron chi connectivity index (χ0n) is 11.2. The Morgan fingerprint density at radius 2 is 2.16 bits per heavy atom. The van der Waals surface area contributed by atoms with E-state index in [9.17, 15) is 4.79 Å². The van der Waals surface area contributed by atoms with Crippen LogP contribution in [0.3, 0.4) is 0 Å². The summed E-state index contributed by atoms with van der Waals surface area (Å²) >= 11 is 0. The van der Waals surface area contributed by atoms with Gasteiger partial charge in [-0.25, -0.2) is 0 Å².